The zero-order chi connectivity index (χ0) is 19.8. The molecule has 0 radical (unpaired) electrons. The molecule has 0 spiro atoms. The maximum absolute atomic E-state index is 13.0. The van der Waals surface area contributed by atoms with Gasteiger partial charge in [-0.2, -0.15) is 0 Å². The van der Waals surface area contributed by atoms with Gasteiger partial charge >= 0.3 is 0 Å². The first-order valence-electron chi connectivity index (χ1n) is 9.28. The van der Waals surface area contributed by atoms with E-state index < -0.39 is 0 Å². The van der Waals surface area contributed by atoms with E-state index in [1.54, 1.807) is 36.2 Å². The Morgan fingerprint density at radius 2 is 1.78 bits per heavy atom. The Labute approximate surface area is 160 Å². The van der Waals surface area contributed by atoms with Crippen LogP contribution in [0.2, 0.25) is 0 Å². The summed E-state index contributed by atoms with van der Waals surface area (Å²) in [4.78, 5) is 28.8. The first kappa shape index (κ1) is 20.9. The van der Waals surface area contributed by atoms with E-state index in [4.69, 9.17) is 9.47 Å². The molecule has 0 aromatic heterocycles. The molecule has 0 fully saturated rings. The van der Waals surface area contributed by atoms with E-state index in [0.717, 1.165) is 0 Å². The number of aliphatic hydroxyl groups excluding tert-OH is 1. The van der Waals surface area contributed by atoms with Gasteiger partial charge in [-0.25, -0.2) is 0 Å². The van der Waals surface area contributed by atoms with Crippen molar-refractivity contribution in [3.63, 3.8) is 0 Å². The van der Waals surface area contributed by atoms with Crippen LogP contribution < -0.4 is 4.74 Å². The largest absolute Gasteiger partial charge is 0.494 e. The third-order valence-corrected chi connectivity index (χ3v) is 4.29. The maximum atomic E-state index is 13.0. The number of benzene rings is 1. The van der Waals surface area contributed by atoms with Crippen molar-refractivity contribution in [1.29, 1.82) is 0 Å². The summed E-state index contributed by atoms with van der Waals surface area (Å²) in [6, 6.07) is 7.12. The van der Waals surface area contributed by atoms with Crippen molar-refractivity contribution in [2.45, 2.75) is 20.3 Å². The highest BCUT2D eigenvalue weighted by molar-refractivity contribution is 6.35. The second-order valence-corrected chi connectivity index (χ2v) is 6.14. The fraction of sp³-hybridized carbons (Fsp3) is 0.500. The molecule has 1 N–H and O–H groups in total. The Balaban J connectivity index is 2.31. The first-order valence-corrected chi connectivity index (χ1v) is 9.28. The second-order valence-electron chi connectivity index (χ2n) is 6.14. The number of ether oxygens (including phenoxy) is 2. The number of rotatable bonds is 11. The van der Waals surface area contributed by atoms with E-state index >= 15 is 0 Å². The molecular formula is C20H28N2O5. The molecule has 0 saturated carbocycles. The molecule has 1 heterocycles. The molecule has 27 heavy (non-hydrogen) atoms. The van der Waals surface area contributed by atoms with Gasteiger partial charge in [0.25, 0.3) is 11.8 Å². The number of nitrogens with zero attached hydrogens (tertiary/aromatic N) is 2. The molecule has 0 aliphatic carbocycles. The van der Waals surface area contributed by atoms with Gasteiger partial charge in [0.15, 0.2) is 0 Å². The van der Waals surface area contributed by atoms with Gasteiger partial charge in [0.05, 0.1) is 18.8 Å². The summed E-state index contributed by atoms with van der Waals surface area (Å²) in [5.41, 5.74) is 1.33. The molecule has 2 rings (SSSR count). The number of aliphatic hydroxyl groups is 1. The Morgan fingerprint density at radius 3 is 2.37 bits per heavy atom. The van der Waals surface area contributed by atoms with E-state index in [0.29, 0.717) is 55.4 Å². The number of amides is 2. The molecule has 1 aromatic rings. The van der Waals surface area contributed by atoms with Gasteiger partial charge in [0, 0.05) is 33.4 Å². The Morgan fingerprint density at radius 1 is 1.07 bits per heavy atom. The van der Waals surface area contributed by atoms with Crippen LogP contribution in [-0.2, 0) is 14.3 Å². The lowest BCUT2D eigenvalue weighted by Gasteiger charge is -2.20. The van der Waals surface area contributed by atoms with E-state index in [1.807, 2.05) is 13.8 Å². The zero-order valence-corrected chi connectivity index (χ0v) is 16.2. The molecule has 7 nitrogen and oxygen atoms in total. The summed E-state index contributed by atoms with van der Waals surface area (Å²) < 4.78 is 10.7. The Hall–Kier alpha value is -2.38. The van der Waals surface area contributed by atoms with E-state index in [9.17, 15) is 14.7 Å². The number of imide groups is 1. The fourth-order valence-electron chi connectivity index (χ4n) is 3.00. The molecule has 148 valence electrons. The van der Waals surface area contributed by atoms with Crippen LogP contribution in [0, 0.1) is 0 Å². The summed E-state index contributed by atoms with van der Waals surface area (Å²) in [7, 11) is 1.70. The summed E-state index contributed by atoms with van der Waals surface area (Å²) >= 11 is 0. The van der Waals surface area contributed by atoms with Crippen LogP contribution in [0.15, 0.2) is 30.0 Å². The van der Waals surface area contributed by atoms with Crippen LogP contribution in [0.1, 0.15) is 25.8 Å². The molecule has 1 aliphatic heterocycles. The highest BCUT2D eigenvalue weighted by atomic mass is 16.5. The van der Waals surface area contributed by atoms with Gasteiger partial charge in [0.1, 0.15) is 11.4 Å². The van der Waals surface area contributed by atoms with Gasteiger partial charge in [-0.1, -0.05) is 12.1 Å². The third-order valence-electron chi connectivity index (χ3n) is 4.29. The number of hydrogen-bond donors (Lipinski definition) is 1. The first-order chi connectivity index (χ1) is 13.0. The molecule has 0 saturated heterocycles. The van der Waals surface area contributed by atoms with Crippen molar-refractivity contribution in [2.75, 3.05) is 46.6 Å². The summed E-state index contributed by atoms with van der Waals surface area (Å²) in [6.07, 6.45) is 0.582. The minimum atomic E-state index is -0.337. The zero-order valence-electron chi connectivity index (χ0n) is 16.2. The van der Waals surface area contributed by atoms with Crippen molar-refractivity contribution < 1.29 is 24.2 Å². The molecule has 0 bridgehead atoms. The van der Waals surface area contributed by atoms with Crippen LogP contribution in [0.25, 0.3) is 5.57 Å². The Kier molecular flexibility index (Phi) is 7.82. The SMILES string of the molecule is CCOCCCN1C(=O)C(c2ccc(OCC)cc2)=C(N(C)CCO)C1=O. The lowest BCUT2D eigenvalue weighted by Crippen LogP contribution is -2.36. The van der Waals surface area contributed by atoms with Gasteiger partial charge in [-0.15, -0.1) is 0 Å². The highest BCUT2D eigenvalue weighted by Crippen LogP contribution is 2.32. The van der Waals surface area contributed by atoms with Crippen LogP contribution in [0.5, 0.6) is 5.75 Å². The quantitative estimate of drug-likeness (QED) is 0.466. The maximum Gasteiger partial charge on any atom is 0.277 e. The van der Waals surface area contributed by atoms with Crippen LogP contribution in [0.4, 0.5) is 0 Å². The predicted octanol–water partition coefficient (Wildman–Crippen LogP) is 1.52. The molecule has 0 unspecified atom stereocenters. The lowest BCUT2D eigenvalue weighted by atomic mass is 10.0. The molecule has 2 amide bonds. The summed E-state index contributed by atoms with van der Waals surface area (Å²) in [5.74, 6) is 0.0502. The average Bonchev–Trinajstić information content (AvgIpc) is 2.90. The lowest BCUT2D eigenvalue weighted by molar-refractivity contribution is -0.137. The third kappa shape index (κ3) is 4.87. The predicted molar refractivity (Wildman–Crippen MR) is 102 cm³/mol. The number of carbonyl (C=O) groups excluding carboxylic acids is 2. The summed E-state index contributed by atoms with van der Waals surface area (Å²) in [5, 5.41) is 9.26. The standard InChI is InChI=1S/C20H28N2O5/c1-4-26-14-6-11-22-19(24)17(18(20(22)25)21(3)12-13-23)15-7-9-16(10-8-15)27-5-2/h7-10,23H,4-6,11-14H2,1-3H3. The number of carbonyl (C=O) groups is 2. The molecule has 1 aliphatic rings. The van der Waals surface area contributed by atoms with Crippen molar-refractivity contribution >= 4 is 17.4 Å². The molecular weight excluding hydrogens is 348 g/mol. The van der Waals surface area contributed by atoms with Crippen molar-refractivity contribution in [3.05, 3.63) is 35.5 Å². The smallest absolute Gasteiger partial charge is 0.277 e. The molecule has 1 aromatic carbocycles. The van der Waals surface area contributed by atoms with Crippen LogP contribution in [0.3, 0.4) is 0 Å². The minimum absolute atomic E-state index is 0.109. The summed E-state index contributed by atoms with van der Waals surface area (Å²) in [6.45, 7) is 5.91. The van der Waals surface area contributed by atoms with Gasteiger partial charge < -0.3 is 19.5 Å². The molecule has 0 atom stereocenters. The van der Waals surface area contributed by atoms with Crippen molar-refractivity contribution in [2.24, 2.45) is 0 Å². The molecule has 7 heteroatoms. The van der Waals surface area contributed by atoms with Crippen LogP contribution >= 0.6 is 0 Å². The van der Waals surface area contributed by atoms with Gasteiger partial charge in [0.2, 0.25) is 0 Å². The van der Waals surface area contributed by atoms with Gasteiger partial charge in [-0.05, 0) is 38.0 Å². The second kappa shape index (κ2) is 10.1. The van der Waals surface area contributed by atoms with E-state index in [-0.39, 0.29) is 25.0 Å². The Bertz CT molecular complexity index is 684. The van der Waals surface area contributed by atoms with Gasteiger partial charge in [-0.3, -0.25) is 14.5 Å². The van der Waals surface area contributed by atoms with E-state index in [1.165, 1.54) is 4.90 Å². The monoisotopic (exact) mass is 376 g/mol. The average molecular weight is 376 g/mol. The highest BCUT2D eigenvalue weighted by Gasteiger charge is 2.40. The van der Waals surface area contributed by atoms with Crippen molar-refractivity contribution in [3.8, 4) is 5.75 Å². The minimum Gasteiger partial charge on any atom is -0.494 e. The van der Waals surface area contributed by atoms with E-state index in [2.05, 4.69) is 0 Å². The van der Waals surface area contributed by atoms with Crippen molar-refractivity contribution in [1.82, 2.24) is 9.80 Å². The topological polar surface area (TPSA) is 79.3 Å². The van der Waals surface area contributed by atoms with Crippen LogP contribution in [-0.4, -0.2) is 73.3 Å². The fourth-order valence-corrected chi connectivity index (χ4v) is 3.00. The normalized spacial score (nSPS) is 14.3. The number of hydrogen-bond acceptors (Lipinski definition) is 6. The number of likely N-dealkylation sites (N-methyl/N-ethyl adjacent to an activating group) is 1.